The number of carbonyl (C=O) groups is 1. The molecule has 0 bridgehead atoms. The van der Waals surface area contributed by atoms with Crippen molar-refractivity contribution >= 4 is 29.4 Å². The zero-order chi connectivity index (χ0) is 13.7. The fourth-order valence-electron chi connectivity index (χ4n) is 1.63. The van der Waals surface area contributed by atoms with Crippen molar-refractivity contribution in [1.82, 2.24) is 9.97 Å². The molecule has 0 aliphatic rings. The number of benzene rings is 1. The second kappa shape index (κ2) is 6.26. The van der Waals surface area contributed by atoms with Crippen LogP contribution in [0.3, 0.4) is 0 Å². The largest absolute Gasteiger partial charge is 0.380 e. The van der Waals surface area contributed by atoms with Gasteiger partial charge < -0.3 is 10.1 Å². The van der Waals surface area contributed by atoms with E-state index >= 15 is 0 Å². The van der Waals surface area contributed by atoms with E-state index in [1.54, 1.807) is 7.11 Å². The minimum atomic E-state index is 0.122. The van der Waals surface area contributed by atoms with Gasteiger partial charge in [0.25, 0.3) is 0 Å². The monoisotopic (exact) mass is 277 g/mol. The second-order valence-corrected chi connectivity index (χ2v) is 4.12. The van der Waals surface area contributed by atoms with Gasteiger partial charge in [-0.2, -0.15) is 0 Å². The number of carbonyl (C=O) groups excluding carboxylic acids is 1. The molecule has 6 heteroatoms. The van der Waals surface area contributed by atoms with Crippen molar-refractivity contribution in [3.8, 4) is 0 Å². The first-order valence-electron chi connectivity index (χ1n) is 5.55. The molecule has 19 heavy (non-hydrogen) atoms. The van der Waals surface area contributed by atoms with Gasteiger partial charge in [-0.3, -0.25) is 4.79 Å². The molecule has 0 atom stereocenters. The van der Waals surface area contributed by atoms with Crippen molar-refractivity contribution in [2.75, 3.05) is 12.4 Å². The SMILES string of the molecule is COCc1ccccc1Nc1ncnc(Cl)c1C=O. The number of para-hydroxylation sites is 1. The third kappa shape index (κ3) is 3.07. The lowest BCUT2D eigenvalue weighted by Crippen LogP contribution is -2.03. The molecule has 0 unspecified atom stereocenters. The van der Waals surface area contributed by atoms with E-state index in [1.165, 1.54) is 6.33 Å². The van der Waals surface area contributed by atoms with Gasteiger partial charge in [-0.1, -0.05) is 29.8 Å². The minimum Gasteiger partial charge on any atom is -0.380 e. The predicted octanol–water partition coefficient (Wildman–Crippen LogP) is 2.83. The quantitative estimate of drug-likeness (QED) is 0.672. The number of anilines is 2. The normalized spacial score (nSPS) is 10.2. The standard InChI is InChI=1S/C13H12ClN3O2/c1-19-7-9-4-2-3-5-11(9)17-13-10(6-18)12(14)15-8-16-13/h2-6,8H,7H2,1H3,(H,15,16,17). The molecule has 2 aromatic rings. The summed E-state index contributed by atoms with van der Waals surface area (Å²) in [4.78, 5) is 18.8. The maximum atomic E-state index is 11.0. The van der Waals surface area contributed by atoms with Crippen LogP contribution >= 0.6 is 11.6 Å². The first-order valence-corrected chi connectivity index (χ1v) is 5.93. The van der Waals surface area contributed by atoms with Crippen molar-refractivity contribution in [2.24, 2.45) is 0 Å². The summed E-state index contributed by atoms with van der Waals surface area (Å²) in [6.07, 6.45) is 1.93. The molecule has 1 heterocycles. The number of methoxy groups -OCH3 is 1. The minimum absolute atomic E-state index is 0.122. The lowest BCUT2D eigenvalue weighted by Gasteiger charge is -2.12. The average molecular weight is 278 g/mol. The van der Waals surface area contributed by atoms with Crippen LogP contribution < -0.4 is 5.32 Å². The molecular formula is C13H12ClN3O2. The summed E-state index contributed by atoms with van der Waals surface area (Å²) < 4.78 is 5.12. The number of aromatic nitrogens is 2. The Balaban J connectivity index is 2.36. The topological polar surface area (TPSA) is 64.1 Å². The summed E-state index contributed by atoms with van der Waals surface area (Å²) in [7, 11) is 1.62. The number of hydrogen-bond acceptors (Lipinski definition) is 5. The van der Waals surface area contributed by atoms with Crippen LogP contribution in [0.2, 0.25) is 5.15 Å². The number of nitrogens with one attached hydrogen (secondary N) is 1. The number of halogens is 1. The lowest BCUT2D eigenvalue weighted by molar-refractivity contribution is 0.112. The van der Waals surface area contributed by atoms with Gasteiger partial charge in [0.15, 0.2) is 6.29 Å². The molecule has 1 N–H and O–H groups in total. The fraction of sp³-hybridized carbons (Fsp3) is 0.154. The molecule has 0 saturated heterocycles. The number of aldehydes is 1. The van der Waals surface area contributed by atoms with Gasteiger partial charge in [-0.15, -0.1) is 0 Å². The zero-order valence-corrected chi connectivity index (χ0v) is 11.0. The van der Waals surface area contributed by atoms with Crippen LogP contribution in [0.1, 0.15) is 15.9 Å². The highest BCUT2D eigenvalue weighted by atomic mass is 35.5. The lowest BCUT2D eigenvalue weighted by atomic mass is 10.2. The summed E-state index contributed by atoms with van der Waals surface area (Å²) in [6, 6.07) is 7.59. The maximum absolute atomic E-state index is 11.0. The summed E-state index contributed by atoms with van der Waals surface area (Å²) in [5.41, 5.74) is 2.00. The summed E-state index contributed by atoms with van der Waals surface area (Å²) in [5, 5.41) is 3.19. The first-order chi connectivity index (χ1) is 9.26. The van der Waals surface area contributed by atoms with Crippen LogP contribution in [0.25, 0.3) is 0 Å². The molecule has 0 fully saturated rings. The Morgan fingerprint density at radius 2 is 2.16 bits per heavy atom. The molecule has 98 valence electrons. The molecule has 2 rings (SSSR count). The molecule has 0 amide bonds. The predicted molar refractivity (Wildman–Crippen MR) is 72.9 cm³/mol. The molecule has 0 aliphatic carbocycles. The molecule has 1 aromatic carbocycles. The molecular weight excluding hydrogens is 266 g/mol. The molecule has 5 nitrogen and oxygen atoms in total. The number of nitrogens with zero attached hydrogens (tertiary/aromatic N) is 2. The van der Waals surface area contributed by atoms with Crippen molar-refractivity contribution < 1.29 is 9.53 Å². The third-order valence-corrected chi connectivity index (χ3v) is 2.82. The molecule has 0 spiro atoms. The summed E-state index contributed by atoms with van der Waals surface area (Å²) >= 11 is 5.85. The van der Waals surface area contributed by atoms with E-state index in [2.05, 4.69) is 15.3 Å². The highest BCUT2D eigenvalue weighted by Crippen LogP contribution is 2.24. The Morgan fingerprint density at radius 1 is 1.37 bits per heavy atom. The van der Waals surface area contributed by atoms with Gasteiger partial charge in [-0.05, 0) is 6.07 Å². The van der Waals surface area contributed by atoms with Gasteiger partial charge in [0.05, 0.1) is 12.2 Å². The molecule has 1 aromatic heterocycles. The van der Waals surface area contributed by atoms with Crippen molar-refractivity contribution in [1.29, 1.82) is 0 Å². The zero-order valence-electron chi connectivity index (χ0n) is 10.3. The Labute approximate surface area is 115 Å². The average Bonchev–Trinajstić information content (AvgIpc) is 2.41. The Kier molecular flexibility index (Phi) is 4.43. The van der Waals surface area contributed by atoms with Crippen molar-refractivity contribution in [3.05, 3.63) is 46.9 Å². The van der Waals surface area contributed by atoms with E-state index < -0.39 is 0 Å². The van der Waals surface area contributed by atoms with Crippen LogP contribution in [0.5, 0.6) is 0 Å². The maximum Gasteiger partial charge on any atom is 0.156 e. The molecule has 0 radical (unpaired) electrons. The van der Waals surface area contributed by atoms with Crippen molar-refractivity contribution in [2.45, 2.75) is 6.61 Å². The molecule has 0 saturated carbocycles. The van der Waals surface area contributed by atoms with Gasteiger partial charge in [0, 0.05) is 18.4 Å². The van der Waals surface area contributed by atoms with E-state index in [-0.39, 0.29) is 10.7 Å². The first kappa shape index (κ1) is 13.5. The third-order valence-electron chi connectivity index (χ3n) is 2.52. The Hall–Kier alpha value is -1.98. The fourth-order valence-corrected chi connectivity index (χ4v) is 1.81. The van der Waals surface area contributed by atoms with Gasteiger partial charge in [-0.25, -0.2) is 9.97 Å². The van der Waals surface area contributed by atoms with E-state index in [1.807, 2.05) is 24.3 Å². The summed E-state index contributed by atoms with van der Waals surface area (Å²) in [5.74, 6) is 0.374. The van der Waals surface area contributed by atoms with E-state index in [9.17, 15) is 4.79 Å². The number of rotatable bonds is 5. The molecule has 0 aliphatic heterocycles. The van der Waals surface area contributed by atoms with Crippen LogP contribution in [0, 0.1) is 0 Å². The summed E-state index contributed by atoms with van der Waals surface area (Å²) in [6.45, 7) is 0.457. The number of hydrogen-bond donors (Lipinski definition) is 1. The van der Waals surface area contributed by atoms with Gasteiger partial charge in [0.1, 0.15) is 17.3 Å². The van der Waals surface area contributed by atoms with E-state index in [4.69, 9.17) is 16.3 Å². The number of ether oxygens (including phenoxy) is 1. The van der Waals surface area contributed by atoms with Crippen LogP contribution in [0.4, 0.5) is 11.5 Å². The van der Waals surface area contributed by atoms with E-state index in [0.29, 0.717) is 18.7 Å². The highest BCUT2D eigenvalue weighted by molar-refractivity contribution is 6.32. The highest BCUT2D eigenvalue weighted by Gasteiger charge is 2.10. The van der Waals surface area contributed by atoms with Crippen LogP contribution in [0.15, 0.2) is 30.6 Å². The van der Waals surface area contributed by atoms with Gasteiger partial charge >= 0.3 is 0 Å². The van der Waals surface area contributed by atoms with Gasteiger partial charge in [0.2, 0.25) is 0 Å². The van der Waals surface area contributed by atoms with Crippen molar-refractivity contribution in [3.63, 3.8) is 0 Å². The smallest absolute Gasteiger partial charge is 0.156 e. The second-order valence-electron chi connectivity index (χ2n) is 3.76. The van der Waals surface area contributed by atoms with Crippen LogP contribution in [-0.2, 0) is 11.3 Å². The van der Waals surface area contributed by atoms with Crippen LogP contribution in [-0.4, -0.2) is 23.4 Å². The Morgan fingerprint density at radius 3 is 2.89 bits per heavy atom. The van der Waals surface area contributed by atoms with E-state index in [0.717, 1.165) is 11.3 Å². The Bertz CT molecular complexity index is 590.